The van der Waals surface area contributed by atoms with E-state index in [1.807, 2.05) is 34.7 Å². The number of nitrogens with two attached hydrogens (primary N) is 1. The third-order valence-electron chi connectivity index (χ3n) is 7.35. The van der Waals surface area contributed by atoms with Crippen molar-refractivity contribution in [3.05, 3.63) is 47.7 Å². The number of carbonyl (C=O) groups is 1. The molecule has 1 aromatic heterocycles. The molecule has 1 aliphatic carbocycles. The summed E-state index contributed by atoms with van der Waals surface area (Å²) in [6, 6.07) is 8.16. The summed E-state index contributed by atoms with van der Waals surface area (Å²) in [5.74, 6) is 1.71. The summed E-state index contributed by atoms with van der Waals surface area (Å²) in [5.41, 5.74) is 7.53. The molecule has 0 radical (unpaired) electrons. The van der Waals surface area contributed by atoms with Gasteiger partial charge in [-0.2, -0.15) is 4.72 Å². The lowest BCUT2D eigenvalue weighted by Gasteiger charge is -2.42. The van der Waals surface area contributed by atoms with Crippen molar-refractivity contribution in [2.24, 2.45) is 11.8 Å². The highest BCUT2D eigenvalue weighted by Gasteiger charge is 2.36. The number of fused-ring (bicyclic) bond motifs is 1. The van der Waals surface area contributed by atoms with E-state index in [0.717, 1.165) is 24.9 Å². The number of nitrogens with zero attached hydrogens (tertiary/aromatic N) is 2. The van der Waals surface area contributed by atoms with Crippen LogP contribution in [0.5, 0.6) is 0 Å². The Morgan fingerprint density at radius 3 is 2.64 bits per heavy atom. The maximum absolute atomic E-state index is 13.6. The summed E-state index contributed by atoms with van der Waals surface area (Å²) in [5, 5.41) is 0. The van der Waals surface area contributed by atoms with Gasteiger partial charge in [-0.3, -0.25) is 4.79 Å². The molecule has 1 saturated carbocycles. The van der Waals surface area contributed by atoms with Crippen molar-refractivity contribution in [2.75, 3.05) is 18.8 Å². The molecule has 3 atom stereocenters. The highest BCUT2D eigenvalue weighted by atomic mass is 32.2. The second-order valence-electron chi connectivity index (χ2n) is 9.74. The van der Waals surface area contributed by atoms with Crippen molar-refractivity contribution >= 4 is 21.7 Å². The maximum Gasteiger partial charge on any atom is 0.241 e. The number of anilines is 1. The number of sulfonamides is 1. The first-order valence-electron chi connectivity index (χ1n) is 12.0. The van der Waals surface area contributed by atoms with Crippen LogP contribution in [0.4, 0.5) is 5.82 Å². The van der Waals surface area contributed by atoms with Crippen LogP contribution in [-0.2, 0) is 21.4 Å². The van der Waals surface area contributed by atoms with Gasteiger partial charge in [-0.05, 0) is 74.3 Å². The number of benzene rings is 1. The minimum absolute atomic E-state index is 0.126. The normalized spacial score (nSPS) is 22.1. The van der Waals surface area contributed by atoms with Gasteiger partial charge in [0.25, 0.3) is 0 Å². The van der Waals surface area contributed by atoms with Crippen LogP contribution in [0.25, 0.3) is 0 Å². The SMILES string of the molecule is Cc1ccc(C)c(S(=O)(=O)NC(CCn2cccc2N)C(=O)N2CC[C@@H]3CCCC[C@H]3C2)c1. The monoisotopic (exact) mass is 472 g/mol. The van der Waals surface area contributed by atoms with E-state index in [4.69, 9.17) is 5.73 Å². The van der Waals surface area contributed by atoms with Crippen molar-refractivity contribution in [3.63, 3.8) is 0 Å². The zero-order valence-electron chi connectivity index (χ0n) is 19.7. The average molecular weight is 473 g/mol. The number of rotatable bonds is 7. The number of aryl methyl sites for hydroxylation is 3. The highest BCUT2D eigenvalue weighted by Crippen LogP contribution is 2.36. The number of hydrogen-bond acceptors (Lipinski definition) is 4. The molecule has 0 spiro atoms. The highest BCUT2D eigenvalue weighted by molar-refractivity contribution is 7.89. The molecule has 1 aromatic carbocycles. The lowest BCUT2D eigenvalue weighted by Crippen LogP contribution is -2.53. The van der Waals surface area contributed by atoms with Crippen LogP contribution in [0.15, 0.2) is 41.4 Å². The van der Waals surface area contributed by atoms with Crippen LogP contribution in [0.2, 0.25) is 0 Å². The Hall–Kier alpha value is -2.32. The van der Waals surface area contributed by atoms with E-state index < -0.39 is 16.1 Å². The van der Waals surface area contributed by atoms with Crippen LogP contribution in [0.1, 0.15) is 49.7 Å². The molecule has 33 heavy (non-hydrogen) atoms. The molecule has 1 saturated heterocycles. The van der Waals surface area contributed by atoms with E-state index in [2.05, 4.69) is 4.72 Å². The minimum atomic E-state index is -3.86. The molecule has 0 bridgehead atoms. The molecule has 4 rings (SSSR count). The molecule has 2 heterocycles. The van der Waals surface area contributed by atoms with Crippen molar-refractivity contribution in [1.29, 1.82) is 0 Å². The molecule has 1 amide bonds. The number of carbonyl (C=O) groups excluding carboxylic acids is 1. The number of likely N-dealkylation sites (tertiary alicyclic amines) is 1. The maximum atomic E-state index is 13.6. The fraction of sp³-hybridized carbons (Fsp3) is 0.560. The molecule has 2 aromatic rings. The van der Waals surface area contributed by atoms with Gasteiger partial charge in [0.15, 0.2) is 0 Å². The van der Waals surface area contributed by atoms with Crippen molar-refractivity contribution < 1.29 is 13.2 Å². The second-order valence-corrected chi connectivity index (χ2v) is 11.4. The quantitative estimate of drug-likeness (QED) is 0.645. The van der Waals surface area contributed by atoms with Crippen LogP contribution in [0.3, 0.4) is 0 Å². The van der Waals surface area contributed by atoms with Gasteiger partial charge < -0.3 is 15.2 Å². The number of nitrogen functional groups attached to an aromatic ring is 1. The molecule has 3 N–H and O–H groups in total. The van der Waals surface area contributed by atoms with Gasteiger partial charge in [-0.25, -0.2) is 8.42 Å². The van der Waals surface area contributed by atoms with Crippen LogP contribution in [-0.4, -0.2) is 42.9 Å². The Morgan fingerprint density at radius 1 is 1.15 bits per heavy atom. The number of aromatic nitrogens is 1. The van der Waals surface area contributed by atoms with E-state index in [0.29, 0.717) is 42.7 Å². The van der Waals surface area contributed by atoms with Crippen LogP contribution in [0, 0.1) is 25.7 Å². The van der Waals surface area contributed by atoms with Gasteiger partial charge in [0.1, 0.15) is 11.9 Å². The van der Waals surface area contributed by atoms with Gasteiger partial charge in [0, 0.05) is 25.8 Å². The number of hydrogen-bond donors (Lipinski definition) is 2. The molecular formula is C25H36N4O3S. The van der Waals surface area contributed by atoms with E-state index in [1.165, 1.54) is 19.3 Å². The molecule has 1 unspecified atom stereocenters. The second kappa shape index (κ2) is 9.89. The van der Waals surface area contributed by atoms with Gasteiger partial charge in [0.2, 0.25) is 15.9 Å². The topological polar surface area (TPSA) is 97.4 Å². The summed E-state index contributed by atoms with van der Waals surface area (Å²) in [4.78, 5) is 15.8. The third-order valence-corrected chi connectivity index (χ3v) is 8.97. The Balaban J connectivity index is 1.55. The van der Waals surface area contributed by atoms with Crippen molar-refractivity contribution in [2.45, 2.75) is 69.9 Å². The smallest absolute Gasteiger partial charge is 0.241 e. The fourth-order valence-corrected chi connectivity index (χ4v) is 6.95. The van der Waals surface area contributed by atoms with E-state index >= 15 is 0 Å². The Bertz CT molecular complexity index is 1090. The molecule has 8 heteroatoms. The van der Waals surface area contributed by atoms with Gasteiger partial charge in [0.05, 0.1) is 4.90 Å². The molecule has 180 valence electrons. The van der Waals surface area contributed by atoms with E-state index in [-0.39, 0.29) is 10.8 Å². The summed E-state index contributed by atoms with van der Waals surface area (Å²) >= 11 is 0. The van der Waals surface area contributed by atoms with Crippen LogP contribution >= 0.6 is 0 Å². The Labute approximate surface area is 197 Å². The van der Waals surface area contributed by atoms with Crippen molar-refractivity contribution in [3.8, 4) is 0 Å². The van der Waals surface area contributed by atoms with Gasteiger partial charge >= 0.3 is 0 Å². The zero-order valence-corrected chi connectivity index (χ0v) is 20.5. The first kappa shape index (κ1) is 23.8. The summed E-state index contributed by atoms with van der Waals surface area (Å²) in [7, 11) is -3.86. The van der Waals surface area contributed by atoms with Crippen LogP contribution < -0.4 is 10.5 Å². The summed E-state index contributed by atoms with van der Waals surface area (Å²) in [6.07, 6.45) is 8.12. The Kier molecular flexibility index (Phi) is 7.14. The number of amides is 1. The molecule has 2 aliphatic rings. The first-order valence-corrected chi connectivity index (χ1v) is 13.5. The lowest BCUT2D eigenvalue weighted by molar-refractivity contribution is -0.136. The van der Waals surface area contributed by atoms with Gasteiger partial charge in [-0.1, -0.05) is 31.4 Å². The lowest BCUT2D eigenvalue weighted by atomic mass is 9.75. The minimum Gasteiger partial charge on any atom is -0.385 e. The molecule has 1 aliphatic heterocycles. The number of piperidine rings is 1. The third kappa shape index (κ3) is 5.44. The molecule has 2 fully saturated rings. The largest absolute Gasteiger partial charge is 0.385 e. The Morgan fingerprint density at radius 2 is 1.91 bits per heavy atom. The standard InChI is InChI=1S/C25H36N4O3S/c1-18-9-10-19(2)23(16-18)33(31,32)27-22(12-15-28-13-5-8-24(28)26)25(30)29-14-11-20-6-3-4-7-21(20)17-29/h5,8-10,13,16,20-22,27H,3-4,6-7,11-12,14-15,17,26H2,1-2H3/t20-,21-,22?/m0/s1. The van der Waals surface area contributed by atoms with Gasteiger partial charge in [-0.15, -0.1) is 0 Å². The fourth-order valence-electron chi connectivity index (χ4n) is 5.40. The predicted molar refractivity (Wildman–Crippen MR) is 130 cm³/mol. The van der Waals surface area contributed by atoms with E-state index in [9.17, 15) is 13.2 Å². The summed E-state index contributed by atoms with van der Waals surface area (Å²) in [6.45, 7) is 5.54. The first-order chi connectivity index (χ1) is 15.7. The zero-order chi connectivity index (χ0) is 23.6. The van der Waals surface area contributed by atoms with Crippen molar-refractivity contribution in [1.82, 2.24) is 14.2 Å². The molecule has 7 nitrogen and oxygen atoms in total. The summed E-state index contributed by atoms with van der Waals surface area (Å²) < 4.78 is 31.3. The number of nitrogens with one attached hydrogen (secondary N) is 1. The predicted octanol–water partition coefficient (Wildman–Crippen LogP) is 3.46. The van der Waals surface area contributed by atoms with E-state index in [1.54, 1.807) is 25.1 Å². The molecular weight excluding hydrogens is 436 g/mol. The average Bonchev–Trinajstić information content (AvgIpc) is 3.22.